The van der Waals surface area contributed by atoms with E-state index in [4.69, 9.17) is 4.74 Å². The number of hydrogen-bond donors (Lipinski definition) is 2. The van der Waals surface area contributed by atoms with Crippen LogP contribution in [0.15, 0.2) is 23.2 Å². The van der Waals surface area contributed by atoms with Crippen LogP contribution < -0.4 is 10.6 Å². The minimum atomic E-state index is 0.357. The molecule has 3 heterocycles. The van der Waals surface area contributed by atoms with E-state index in [0.717, 1.165) is 30.3 Å². The molecule has 2 N–H and O–H groups in total. The number of aromatic nitrogens is 1. The van der Waals surface area contributed by atoms with Gasteiger partial charge >= 0.3 is 0 Å². The van der Waals surface area contributed by atoms with Crippen LogP contribution in [-0.4, -0.2) is 35.7 Å². The van der Waals surface area contributed by atoms with E-state index < -0.39 is 0 Å². The van der Waals surface area contributed by atoms with E-state index in [2.05, 4.69) is 27.5 Å². The smallest absolute Gasteiger partial charge is 0.191 e. The number of aryl methyl sites for hydroxylation is 1. The topological polar surface area (TPSA) is 58.5 Å². The van der Waals surface area contributed by atoms with E-state index in [1.807, 2.05) is 25.1 Å². The molecule has 0 spiro atoms. The Labute approximate surface area is 126 Å². The van der Waals surface area contributed by atoms with Gasteiger partial charge in [-0.25, -0.2) is 4.99 Å². The van der Waals surface area contributed by atoms with Crippen LogP contribution in [0.25, 0.3) is 0 Å². The zero-order valence-corrected chi connectivity index (χ0v) is 12.8. The number of pyridine rings is 1. The number of guanidine groups is 1. The third-order valence-corrected chi connectivity index (χ3v) is 4.12. The summed E-state index contributed by atoms with van der Waals surface area (Å²) in [6, 6.07) is 6.44. The monoisotopic (exact) mass is 288 g/mol. The highest BCUT2D eigenvalue weighted by Crippen LogP contribution is 2.34. The Morgan fingerprint density at radius 1 is 1.43 bits per heavy atom. The summed E-state index contributed by atoms with van der Waals surface area (Å²) in [5.41, 5.74) is 2.03. The molecule has 2 aliphatic heterocycles. The van der Waals surface area contributed by atoms with Gasteiger partial charge in [0.2, 0.25) is 0 Å². The van der Waals surface area contributed by atoms with Gasteiger partial charge in [0.25, 0.3) is 0 Å². The SMILES string of the molecule is CCNC(=NCc1cccc(C)n1)NC1CC2CCC1O2. The molecule has 1 aromatic rings. The van der Waals surface area contributed by atoms with Crippen LogP contribution >= 0.6 is 0 Å². The fraction of sp³-hybridized carbons (Fsp3) is 0.625. The van der Waals surface area contributed by atoms with Crippen molar-refractivity contribution in [1.29, 1.82) is 0 Å². The van der Waals surface area contributed by atoms with Gasteiger partial charge in [-0.1, -0.05) is 6.07 Å². The first-order valence-corrected chi connectivity index (χ1v) is 7.87. The summed E-state index contributed by atoms with van der Waals surface area (Å²) in [6.07, 6.45) is 4.28. The number of ether oxygens (including phenoxy) is 1. The third-order valence-electron chi connectivity index (χ3n) is 4.12. The summed E-state index contributed by atoms with van der Waals surface area (Å²) >= 11 is 0. The van der Waals surface area contributed by atoms with Gasteiger partial charge in [0.05, 0.1) is 30.5 Å². The number of nitrogens with one attached hydrogen (secondary N) is 2. The summed E-state index contributed by atoms with van der Waals surface area (Å²) < 4.78 is 5.88. The largest absolute Gasteiger partial charge is 0.373 e. The normalized spacial score (nSPS) is 27.9. The van der Waals surface area contributed by atoms with Gasteiger partial charge < -0.3 is 15.4 Å². The van der Waals surface area contributed by atoms with Crippen molar-refractivity contribution in [2.45, 2.75) is 57.9 Å². The summed E-state index contributed by atoms with van der Waals surface area (Å²) in [4.78, 5) is 9.14. The highest BCUT2D eigenvalue weighted by Gasteiger charge is 2.41. The molecule has 0 aliphatic carbocycles. The Kier molecular flexibility index (Phi) is 4.39. The lowest BCUT2D eigenvalue weighted by atomic mass is 9.96. The summed E-state index contributed by atoms with van der Waals surface area (Å²) in [6.45, 7) is 5.54. The molecule has 114 valence electrons. The molecule has 21 heavy (non-hydrogen) atoms. The van der Waals surface area contributed by atoms with Crippen molar-refractivity contribution < 1.29 is 4.74 Å². The van der Waals surface area contributed by atoms with Crippen LogP contribution in [0, 0.1) is 6.92 Å². The van der Waals surface area contributed by atoms with Crippen LogP contribution in [0.2, 0.25) is 0 Å². The Morgan fingerprint density at radius 2 is 2.33 bits per heavy atom. The van der Waals surface area contributed by atoms with Gasteiger partial charge in [-0.2, -0.15) is 0 Å². The maximum absolute atomic E-state index is 5.88. The fourth-order valence-electron chi connectivity index (χ4n) is 3.13. The highest BCUT2D eigenvalue weighted by atomic mass is 16.5. The average molecular weight is 288 g/mol. The average Bonchev–Trinajstić information content (AvgIpc) is 3.08. The van der Waals surface area contributed by atoms with Gasteiger partial charge in [-0.3, -0.25) is 4.98 Å². The van der Waals surface area contributed by atoms with Crippen molar-refractivity contribution >= 4 is 5.96 Å². The summed E-state index contributed by atoms with van der Waals surface area (Å²) in [7, 11) is 0. The number of nitrogens with zero attached hydrogens (tertiary/aromatic N) is 2. The van der Waals surface area contributed by atoms with Crippen LogP contribution in [-0.2, 0) is 11.3 Å². The Balaban J connectivity index is 1.62. The van der Waals surface area contributed by atoms with E-state index in [1.165, 1.54) is 12.8 Å². The van der Waals surface area contributed by atoms with E-state index in [9.17, 15) is 0 Å². The minimum absolute atomic E-state index is 0.357. The van der Waals surface area contributed by atoms with Crippen molar-refractivity contribution in [3.63, 3.8) is 0 Å². The lowest BCUT2D eigenvalue weighted by molar-refractivity contribution is 0.0992. The van der Waals surface area contributed by atoms with Gasteiger partial charge in [0.15, 0.2) is 5.96 Å². The predicted octanol–water partition coefficient (Wildman–Crippen LogP) is 1.77. The third kappa shape index (κ3) is 3.53. The molecule has 0 radical (unpaired) electrons. The van der Waals surface area contributed by atoms with Crippen molar-refractivity contribution in [3.05, 3.63) is 29.6 Å². The van der Waals surface area contributed by atoms with Crippen LogP contribution in [0.3, 0.4) is 0 Å². The zero-order valence-electron chi connectivity index (χ0n) is 12.8. The van der Waals surface area contributed by atoms with Gasteiger partial charge in [-0.15, -0.1) is 0 Å². The lowest BCUT2D eigenvalue weighted by Crippen LogP contribution is -2.47. The van der Waals surface area contributed by atoms with Gasteiger partial charge in [0.1, 0.15) is 0 Å². The van der Waals surface area contributed by atoms with Crippen molar-refractivity contribution in [1.82, 2.24) is 15.6 Å². The first-order valence-electron chi connectivity index (χ1n) is 7.87. The second-order valence-electron chi connectivity index (χ2n) is 5.83. The molecule has 0 aromatic carbocycles. The van der Waals surface area contributed by atoms with E-state index in [1.54, 1.807) is 0 Å². The van der Waals surface area contributed by atoms with Gasteiger partial charge in [-0.05, 0) is 45.2 Å². The van der Waals surface area contributed by atoms with Crippen LogP contribution in [0.5, 0.6) is 0 Å². The summed E-state index contributed by atoms with van der Waals surface area (Å²) in [5, 5.41) is 6.83. The van der Waals surface area contributed by atoms with E-state index in [-0.39, 0.29) is 0 Å². The zero-order chi connectivity index (χ0) is 14.7. The van der Waals surface area contributed by atoms with E-state index >= 15 is 0 Å². The van der Waals surface area contributed by atoms with Gasteiger partial charge in [0, 0.05) is 12.2 Å². The first-order chi connectivity index (χ1) is 10.2. The molecule has 0 saturated carbocycles. The minimum Gasteiger partial charge on any atom is -0.373 e. The predicted molar refractivity (Wildman–Crippen MR) is 83.2 cm³/mol. The lowest BCUT2D eigenvalue weighted by Gasteiger charge is -2.22. The molecule has 3 rings (SSSR count). The molecule has 5 nitrogen and oxygen atoms in total. The summed E-state index contributed by atoms with van der Waals surface area (Å²) in [5.74, 6) is 0.863. The molecule has 2 bridgehead atoms. The number of rotatable bonds is 4. The molecule has 2 aliphatic rings. The highest BCUT2D eigenvalue weighted by molar-refractivity contribution is 5.80. The molecule has 5 heteroatoms. The molecule has 2 saturated heterocycles. The maximum Gasteiger partial charge on any atom is 0.191 e. The fourth-order valence-corrected chi connectivity index (χ4v) is 3.13. The van der Waals surface area contributed by atoms with Crippen LogP contribution in [0.4, 0.5) is 0 Å². The molecule has 1 aromatic heterocycles. The maximum atomic E-state index is 5.88. The second-order valence-corrected chi connectivity index (χ2v) is 5.83. The van der Waals surface area contributed by atoms with E-state index in [0.29, 0.717) is 24.8 Å². The molecule has 3 unspecified atom stereocenters. The number of aliphatic imine (C=N–C) groups is 1. The van der Waals surface area contributed by atoms with Crippen molar-refractivity contribution in [3.8, 4) is 0 Å². The molecule has 3 atom stereocenters. The van der Waals surface area contributed by atoms with Crippen molar-refractivity contribution in [2.75, 3.05) is 6.54 Å². The number of hydrogen-bond acceptors (Lipinski definition) is 3. The number of fused-ring (bicyclic) bond motifs is 2. The standard InChI is InChI=1S/C16H24N4O/c1-3-17-16(18-10-12-6-4-5-11(2)19-12)20-14-9-13-7-8-15(14)21-13/h4-6,13-15H,3,7-10H2,1-2H3,(H2,17,18,20). The molecular weight excluding hydrogens is 264 g/mol. The Bertz CT molecular complexity index is 517. The Morgan fingerprint density at radius 3 is 3.00 bits per heavy atom. The molecular formula is C16H24N4O. The van der Waals surface area contributed by atoms with Crippen LogP contribution in [0.1, 0.15) is 37.6 Å². The quantitative estimate of drug-likeness (QED) is 0.655. The molecule has 0 amide bonds. The Hall–Kier alpha value is -1.62. The first kappa shape index (κ1) is 14.3. The molecule has 2 fully saturated rings. The van der Waals surface area contributed by atoms with Crippen molar-refractivity contribution in [2.24, 2.45) is 4.99 Å². The second kappa shape index (κ2) is 6.43.